The van der Waals surface area contributed by atoms with Crippen LogP contribution in [0.4, 0.5) is 0 Å². The molecule has 0 aliphatic heterocycles. The molecule has 13 heavy (non-hydrogen) atoms. The lowest BCUT2D eigenvalue weighted by Crippen LogP contribution is -1.95. The second-order valence-electron chi connectivity index (χ2n) is 2.42. The summed E-state index contributed by atoms with van der Waals surface area (Å²) in [6.07, 6.45) is 0. The van der Waals surface area contributed by atoms with Crippen LogP contribution in [0.15, 0.2) is 28.6 Å². The molecule has 0 amide bonds. The Labute approximate surface area is 78.6 Å². The zero-order chi connectivity index (χ0) is 9.47. The Hall–Kier alpha value is -0.980. The molecule has 1 aromatic carbocycles. The maximum absolute atomic E-state index is 10.7. The maximum atomic E-state index is 10.7. The fourth-order valence-corrected chi connectivity index (χ4v) is 2.56. The molecule has 0 aliphatic carbocycles. The Balaban J connectivity index is 2.77. The molecule has 0 saturated heterocycles. The topological polar surface area (TPSA) is 67.3 Å². The van der Waals surface area contributed by atoms with E-state index in [0.29, 0.717) is 5.52 Å². The van der Waals surface area contributed by atoms with Gasteiger partial charge in [0.1, 0.15) is 0 Å². The molecule has 0 radical (unpaired) electrons. The first kappa shape index (κ1) is 8.61. The number of thiazole rings is 1. The average molecular weight is 215 g/mol. The summed E-state index contributed by atoms with van der Waals surface area (Å²) in [6.45, 7) is 0. The quantitative estimate of drug-likeness (QED) is 0.733. The van der Waals surface area contributed by atoms with Crippen molar-refractivity contribution in [3.63, 3.8) is 0 Å². The molecule has 0 atom stereocenters. The Kier molecular flexibility index (Phi) is 1.83. The van der Waals surface area contributed by atoms with Gasteiger partial charge in [-0.15, -0.1) is 11.3 Å². The minimum Gasteiger partial charge on any atom is -0.280 e. The SMILES string of the molecule is O=S(=O)(O)c1nc2ccccc2s1. The Morgan fingerprint density at radius 2 is 2.00 bits per heavy atom. The van der Waals surface area contributed by atoms with Crippen molar-refractivity contribution in [1.82, 2.24) is 4.98 Å². The van der Waals surface area contributed by atoms with Crippen molar-refractivity contribution in [2.75, 3.05) is 0 Å². The van der Waals surface area contributed by atoms with Crippen LogP contribution in [-0.4, -0.2) is 18.0 Å². The van der Waals surface area contributed by atoms with Crippen LogP contribution in [0.2, 0.25) is 0 Å². The largest absolute Gasteiger partial charge is 0.322 e. The fourth-order valence-electron chi connectivity index (χ4n) is 0.961. The minimum absolute atomic E-state index is 0.256. The predicted molar refractivity (Wildman–Crippen MR) is 49.4 cm³/mol. The molecule has 0 aliphatic rings. The lowest BCUT2D eigenvalue weighted by molar-refractivity contribution is 0.482. The molecular formula is C7H5NO3S2. The van der Waals surface area contributed by atoms with Gasteiger partial charge in [-0.05, 0) is 12.1 Å². The van der Waals surface area contributed by atoms with Gasteiger partial charge in [0.2, 0.25) is 4.34 Å². The molecular weight excluding hydrogens is 210 g/mol. The monoisotopic (exact) mass is 215 g/mol. The summed E-state index contributed by atoms with van der Waals surface area (Å²) in [5.41, 5.74) is 0.583. The maximum Gasteiger partial charge on any atom is 0.322 e. The van der Waals surface area contributed by atoms with Crippen molar-refractivity contribution in [3.05, 3.63) is 24.3 Å². The summed E-state index contributed by atoms with van der Waals surface area (Å²) < 4.78 is 30.6. The number of hydrogen-bond donors (Lipinski definition) is 1. The third-order valence-electron chi connectivity index (χ3n) is 1.49. The standard InChI is InChI=1S/C7H5NO3S2/c9-13(10,11)7-8-5-3-1-2-4-6(5)12-7/h1-4H,(H,9,10,11). The van der Waals surface area contributed by atoms with Crippen molar-refractivity contribution < 1.29 is 13.0 Å². The van der Waals surface area contributed by atoms with Gasteiger partial charge in [-0.2, -0.15) is 8.42 Å². The highest BCUT2D eigenvalue weighted by Gasteiger charge is 2.15. The number of aromatic nitrogens is 1. The zero-order valence-electron chi connectivity index (χ0n) is 6.34. The first-order valence-corrected chi connectivity index (χ1v) is 5.66. The van der Waals surface area contributed by atoms with E-state index < -0.39 is 10.1 Å². The summed E-state index contributed by atoms with van der Waals surface area (Å²) in [4.78, 5) is 3.76. The number of nitrogens with zero attached hydrogens (tertiary/aromatic N) is 1. The smallest absolute Gasteiger partial charge is 0.280 e. The lowest BCUT2D eigenvalue weighted by Gasteiger charge is -1.83. The Bertz CT molecular complexity index is 511. The molecule has 2 rings (SSSR count). The van der Waals surface area contributed by atoms with E-state index in [1.54, 1.807) is 24.3 Å². The molecule has 2 aromatic rings. The Morgan fingerprint density at radius 1 is 1.31 bits per heavy atom. The number of para-hydroxylation sites is 1. The molecule has 1 heterocycles. The van der Waals surface area contributed by atoms with E-state index in [1.165, 1.54) is 0 Å². The van der Waals surface area contributed by atoms with Gasteiger partial charge < -0.3 is 0 Å². The van der Waals surface area contributed by atoms with Gasteiger partial charge in [-0.25, -0.2) is 4.98 Å². The van der Waals surface area contributed by atoms with Crippen molar-refractivity contribution >= 4 is 31.7 Å². The van der Waals surface area contributed by atoms with E-state index in [1.807, 2.05) is 0 Å². The van der Waals surface area contributed by atoms with Gasteiger partial charge in [-0.1, -0.05) is 12.1 Å². The summed E-state index contributed by atoms with van der Waals surface area (Å²) in [6, 6.07) is 6.99. The van der Waals surface area contributed by atoms with E-state index in [9.17, 15) is 8.42 Å². The lowest BCUT2D eigenvalue weighted by atomic mass is 10.3. The molecule has 0 bridgehead atoms. The summed E-state index contributed by atoms with van der Waals surface area (Å²) in [7, 11) is -4.16. The number of fused-ring (bicyclic) bond motifs is 1. The number of rotatable bonds is 1. The van der Waals surface area contributed by atoms with Crippen molar-refractivity contribution in [2.24, 2.45) is 0 Å². The van der Waals surface area contributed by atoms with Crippen LogP contribution in [-0.2, 0) is 10.1 Å². The summed E-state index contributed by atoms with van der Waals surface area (Å²) in [5.74, 6) is 0. The van der Waals surface area contributed by atoms with Crippen LogP contribution in [0.25, 0.3) is 10.2 Å². The van der Waals surface area contributed by atoms with Gasteiger partial charge in [0.15, 0.2) is 0 Å². The average Bonchev–Trinajstić information content (AvgIpc) is 2.45. The van der Waals surface area contributed by atoms with Crippen LogP contribution in [0.1, 0.15) is 0 Å². The molecule has 0 unspecified atom stereocenters. The highest BCUT2D eigenvalue weighted by Crippen LogP contribution is 2.24. The molecule has 0 fully saturated rings. The summed E-state index contributed by atoms with van der Waals surface area (Å²) >= 11 is 0.955. The highest BCUT2D eigenvalue weighted by molar-refractivity contribution is 7.88. The van der Waals surface area contributed by atoms with E-state index in [4.69, 9.17) is 4.55 Å². The van der Waals surface area contributed by atoms with Crippen LogP contribution in [0, 0.1) is 0 Å². The van der Waals surface area contributed by atoms with E-state index in [-0.39, 0.29) is 4.34 Å². The zero-order valence-corrected chi connectivity index (χ0v) is 7.97. The molecule has 1 aromatic heterocycles. The second-order valence-corrected chi connectivity index (χ2v) is 5.05. The first-order valence-electron chi connectivity index (χ1n) is 3.40. The van der Waals surface area contributed by atoms with Crippen LogP contribution in [0.5, 0.6) is 0 Å². The molecule has 0 saturated carbocycles. The van der Waals surface area contributed by atoms with Crippen LogP contribution in [0.3, 0.4) is 0 Å². The molecule has 1 N–H and O–H groups in total. The van der Waals surface area contributed by atoms with Crippen molar-refractivity contribution in [1.29, 1.82) is 0 Å². The van der Waals surface area contributed by atoms with Crippen molar-refractivity contribution in [3.8, 4) is 0 Å². The number of benzene rings is 1. The molecule has 68 valence electrons. The third kappa shape index (κ3) is 1.55. The summed E-state index contributed by atoms with van der Waals surface area (Å²) in [5, 5.41) is 0. The Morgan fingerprint density at radius 3 is 2.62 bits per heavy atom. The van der Waals surface area contributed by atoms with Gasteiger partial charge in [-0.3, -0.25) is 4.55 Å². The fraction of sp³-hybridized carbons (Fsp3) is 0. The van der Waals surface area contributed by atoms with Gasteiger partial charge in [0, 0.05) is 0 Å². The third-order valence-corrected chi connectivity index (χ3v) is 3.74. The van der Waals surface area contributed by atoms with E-state index >= 15 is 0 Å². The van der Waals surface area contributed by atoms with E-state index in [2.05, 4.69) is 4.98 Å². The normalized spacial score (nSPS) is 12.1. The van der Waals surface area contributed by atoms with Gasteiger partial charge in [0.25, 0.3) is 0 Å². The van der Waals surface area contributed by atoms with Gasteiger partial charge >= 0.3 is 10.1 Å². The van der Waals surface area contributed by atoms with Crippen LogP contribution >= 0.6 is 11.3 Å². The molecule has 4 nitrogen and oxygen atoms in total. The van der Waals surface area contributed by atoms with Gasteiger partial charge in [0.05, 0.1) is 10.2 Å². The van der Waals surface area contributed by atoms with Crippen molar-refractivity contribution in [2.45, 2.75) is 4.34 Å². The van der Waals surface area contributed by atoms with E-state index in [0.717, 1.165) is 16.0 Å². The first-order chi connectivity index (χ1) is 6.07. The highest BCUT2D eigenvalue weighted by atomic mass is 32.3. The minimum atomic E-state index is -4.16. The van der Waals surface area contributed by atoms with Crippen LogP contribution < -0.4 is 0 Å². The molecule has 6 heteroatoms. The second kappa shape index (κ2) is 2.76. The number of hydrogen-bond acceptors (Lipinski definition) is 4. The molecule has 0 spiro atoms. The predicted octanol–water partition coefficient (Wildman–Crippen LogP) is 1.54.